The Balaban J connectivity index is 0. The molecule has 0 N–H and O–H groups in total. The zero-order valence-corrected chi connectivity index (χ0v) is 7.63. The Morgan fingerprint density at radius 2 is 1.00 bits per heavy atom. The maximum absolute atomic E-state index is 0. The van der Waals surface area contributed by atoms with E-state index in [1.54, 1.807) is 0 Å². The minimum Gasteiger partial charge on any atom is -0.813 e. The predicted molar refractivity (Wildman–Crippen MR) is 8.76 cm³/mol. The monoisotopic (exact) mass is 219 g/mol. The van der Waals surface area contributed by atoms with Gasteiger partial charge in [-0.3, -0.25) is 0 Å². The van der Waals surface area contributed by atoms with Crippen LogP contribution in [0, 0.1) is 0 Å². The standard InChI is InChI=1S/Co.Cu.H2S.Zn/h;;1H2;/q;+1;;/p-1. The van der Waals surface area contributed by atoms with Crippen LogP contribution in [0.2, 0.25) is 0 Å². The van der Waals surface area contributed by atoms with Gasteiger partial charge in [0.05, 0.1) is 0 Å². The Bertz CT molecular complexity index is 8.00. The first kappa shape index (κ1) is 37.5. The normalized spacial score (nSPS) is 0. The van der Waals surface area contributed by atoms with Crippen molar-refractivity contribution >= 4 is 13.5 Å². The van der Waals surface area contributed by atoms with Crippen LogP contribution in [0.5, 0.6) is 0 Å². The van der Waals surface area contributed by atoms with E-state index in [0.717, 1.165) is 0 Å². The van der Waals surface area contributed by atoms with Crippen LogP contribution in [0.3, 0.4) is 0 Å². The molecular formula is HCoCuSZn. The Kier molecular flexibility index (Phi) is 188. The molecule has 0 saturated heterocycles. The largest absolute Gasteiger partial charge is 1.00 e. The summed E-state index contributed by atoms with van der Waals surface area (Å²) in [6.45, 7) is 0. The maximum Gasteiger partial charge on any atom is 1.00 e. The van der Waals surface area contributed by atoms with Crippen LogP contribution in [-0.2, 0) is 66.8 Å². The smallest absolute Gasteiger partial charge is 0.813 e. The van der Waals surface area contributed by atoms with Gasteiger partial charge in [-0.1, -0.05) is 0 Å². The fourth-order valence-electron chi connectivity index (χ4n) is 0. The molecular weight excluding hydrogens is 220 g/mol. The van der Waals surface area contributed by atoms with Crippen molar-refractivity contribution in [3.8, 4) is 0 Å². The van der Waals surface area contributed by atoms with Crippen LogP contribution >= 0.6 is 0 Å². The van der Waals surface area contributed by atoms with Gasteiger partial charge in [-0.15, -0.1) is 0 Å². The van der Waals surface area contributed by atoms with Gasteiger partial charge in [-0.05, 0) is 0 Å². The molecule has 0 saturated carbocycles. The third-order valence-corrected chi connectivity index (χ3v) is 0. The molecule has 0 fully saturated rings. The van der Waals surface area contributed by atoms with Crippen molar-refractivity contribution in [1.29, 1.82) is 0 Å². The molecule has 1 radical (unpaired) electrons. The van der Waals surface area contributed by atoms with E-state index in [-0.39, 0.29) is 66.8 Å². The van der Waals surface area contributed by atoms with Gasteiger partial charge >= 0.3 is 17.1 Å². The van der Waals surface area contributed by atoms with Crippen molar-refractivity contribution in [3.63, 3.8) is 0 Å². The summed E-state index contributed by atoms with van der Waals surface area (Å²) in [7, 11) is 0. The summed E-state index contributed by atoms with van der Waals surface area (Å²) in [5.41, 5.74) is 0. The predicted octanol–water partition coefficient (Wildman–Crippen LogP) is -0.278. The molecule has 0 bridgehead atoms. The fourth-order valence-corrected chi connectivity index (χ4v) is 0. The van der Waals surface area contributed by atoms with Crippen molar-refractivity contribution in [2.24, 2.45) is 0 Å². The number of rotatable bonds is 0. The molecule has 0 atom stereocenters. The second-order valence-corrected chi connectivity index (χ2v) is 0. The molecule has 0 spiro atoms. The average molecular weight is 221 g/mol. The molecule has 0 aromatic rings. The zero-order chi connectivity index (χ0) is 0. The SMILES string of the molecule is [Co].[Cu+].[SH-].[Zn]. The molecule has 29 valence electrons. The van der Waals surface area contributed by atoms with Gasteiger partial charge in [0.15, 0.2) is 0 Å². The van der Waals surface area contributed by atoms with Crippen LogP contribution in [0.15, 0.2) is 0 Å². The van der Waals surface area contributed by atoms with Gasteiger partial charge in [-0.2, -0.15) is 0 Å². The Morgan fingerprint density at radius 1 is 1.00 bits per heavy atom. The van der Waals surface area contributed by atoms with Gasteiger partial charge in [0.1, 0.15) is 0 Å². The molecule has 0 aliphatic carbocycles. The van der Waals surface area contributed by atoms with Gasteiger partial charge in [-0.25, -0.2) is 0 Å². The molecule has 0 unspecified atom stereocenters. The third kappa shape index (κ3) is 9.00. The van der Waals surface area contributed by atoms with E-state index < -0.39 is 0 Å². The third-order valence-electron chi connectivity index (χ3n) is 0. The average Bonchev–Trinajstić information content (AvgIpc) is 0. The molecule has 0 rings (SSSR count). The number of thiol groups is 1. The first-order chi connectivity index (χ1) is 0. The van der Waals surface area contributed by atoms with E-state index in [4.69, 9.17) is 0 Å². The minimum absolute atomic E-state index is 0. The topological polar surface area (TPSA) is 0 Å². The minimum atomic E-state index is 0. The summed E-state index contributed by atoms with van der Waals surface area (Å²) >= 11 is 0. The van der Waals surface area contributed by atoms with Gasteiger partial charge in [0, 0.05) is 36.3 Å². The molecule has 0 heterocycles. The van der Waals surface area contributed by atoms with Crippen molar-refractivity contribution in [1.82, 2.24) is 0 Å². The molecule has 0 aliphatic heterocycles. The molecule has 0 amide bonds. The quantitative estimate of drug-likeness (QED) is 0.308. The van der Waals surface area contributed by atoms with E-state index in [0.29, 0.717) is 0 Å². The second kappa shape index (κ2) is 20.0. The van der Waals surface area contributed by atoms with Gasteiger partial charge in [0.25, 0.3) is 0 Å². The van der Waals surface area contributed by atoms with E-state index >= 15 is 0 Å². The van der Waals surface area contributed by atoms with Crippen molar-refractivity contribution in [2.45, 2.75) is 0 Å². The maximum atomic E-state index is 0. The molecule has 0 aromatic heterocycles. The summed E-state index contributed by atoms with van der Waals surface area (Å²) in [4.78, 5) is 0. The van der Waals surface area contributed by atoms with Crippen LogP contribution in [0.25, 0.3) is 0 Å². The van der Waals surface area contributed by atoms with Gasteiger partial charge < -0.3 is 13.5 Å². The van der Waals surface area contributed by atoms with Crippen LogP contribution in [0.1, 0.15) is 0 Å². The molecule has 0 aliphatic rings. The van der Waals surface area contributed by atoms with Gasteiger partial charge in [0.2, 0.25) is 0 Å². The Labute approximate surface area is 66.4 Å². The number of hydrogen-bond acceptors (Lipinski definition) is 1. The summed E-state index contributed by atoms with van der Waals surface area (Å²) in [6, 6.07) is 0. The first-order valence-electron chi connectivity index (χ1n) is 0. The Morgan fingerprint density at radius 3 is 1.00 bits per heavy atom. The molecule has 4 heteroatoms. The van der Waals surface area contributed by atoms with Crippen LogP contribution in [0.4, 0.5) is 0 Å². The summed E-state index contributed by atoms with van der Waals surface area (Å²) in [5.74, 6) is 0. The number of hydrogen-bond donors (Lipinski definition) is 0. The van der Waals surface area contributed by atoms with Crippen molar-refractivity contribution < 1.29 is 53.3 Å². The van der Waals surface area contributed by atoms with E-state index in [2.05, 4.69) is 0 Å². The van der Waals surface area contributed by atoms with Crippen LogP contribution < -0.4 is 0 Å². The second-order valence-electron chi connectivity index (χ2n) is 0. The molecule has 4 heavy (non-hydrogen) atoms. The zero-order valence-electron chi connectivity index (χ0n) is 1.79. The first-order valence-corrected chi connectivity index (χ1v) is 0. The van der Waals surface area contributed by atoms with Crippen molar-refractivity contribution in [2.75, 3.05) is 0 Å². The Hall–Kier alpha value is 2.00. The summed E-state index contributed by atoms with van der Waals surface area (Å²) in [5, 5.41) is 0. The van der Waals surface area contributed by atoms with Crippen LogP contribution in [-0.4, -0.2) is 0 Å². The fraction of sp³-hybridized carbons (Fsp3) is 0. The van der Waals surface area contributed by atoms with E-state index in [1.165, 1.54) is 0 Å². The summed E-state index contributed by atoms with van der Waals surface area (Å²) < 4.78 is 0. The molecule has 0 nitrogen and oxygen atoms in total. The summed E-state index contributed by atoms with van der Waals surface area (Å²) in [6.07, 6.45) is 0. The molecule has 0 aromatic carbocycles. The van der Waals surface area contributed by atoms with E-state index in [9.17, 15) is 0 Å². The van der Waals surface area contributed by atoms with Crippen molar-refractivity contribution in [3.05, 3.63) is 0 Å². The van der Waals surface area contributed by atoms with E-state index in [1.807, 2.05) is 0 Å².